The summed E-state index contributed by atoms with van der Waals surface area (Å²) in [6, 6.07) is 0.0697. The standard InChI is InChI=1S/C16H26N4O2S/c1-3-20(4-2)14(21)10-13-11-23-16(18-13)19-15(22)17-12-8-6-5-7-9-12/h11-12H,3-10H2,1-2H3,(H2,17,18,19,22). The topological polar surface area (TPSA) is 74.3 Å². The first-order chi connectivity index (χ1) is 11.1. The normalized spacial score (nSPS) is 15.2. The Balaban J connectivity index is 1.81. The van der Waals surface area contributed by atoms with Crippen molar-refractivity contribution in [3.63, 3.8) is 0 Å². The van der Waals surface area contributed by atoms with E-state index in [0.29, 0.717) is 23.9 Å². The quantitative estimate of drug-likeness (QED) is 0.837. The van der Waals surface area contributed by atoms with Crippen molar-refractivity contribution in [3.8, 4) is 0 Å². The van der Waals surface area contributed by atoms with E-state index >= 15 is 0 Å². The second kappa shape index (κ2) is 8.86. The highest BCUT2D eigenvalue weighted by molar-refractivity contribution is 7.13. The van der Waals surface area contributed by atoms with Crippen LogP contribution in [0.4, 0.5) is 9.93 Å². The summed E-state index contributed by atoms with van der Waals surface area (Å²) >= 11 is 1.36. The molecular weight excluding hydrogens is 312 g/mol. The second-order valence-electron chi connectivity index (χ2n) is 5.82. The average molecular weight is 338 g/mol. The van der Waals surface area contributed by atoms with Gasteiger partial charge in [0.2, 0.25) is 5.91 Å². The molecule has 0 bridgehead atoms. The van der Waals surface area contributed by atoms with Gasteiger partial charge in [0.15, 0.2) is 5.13 Å². The summed E-state index contributed by atoms with van der Waals surface area (Å²) in [4.78, 5) is 30.2. The Kier molecular flexibility index (Phi) is 6.83. The molecule has 0 aromatic carbocycles. The Morgan fingerprint density at radius 2 is 1.96 bits per heavy atom. The Morgan fingerprint density at radius 3 is 2.61 bits per heavy atom. The van der Waals surface area contributed by atoms with E-state index in [-0.39, 0.29) is 24.4 Å². The van der Waals surface area contributed by atoms with Gasteiger partial charge in [-0.3, -0.25) is 10.1 Å². The molecule has 1 saturated carbocycles. The molecule has 128 valence electrons. The molecule has 1 fully saturated rings. The predicted molar refractivity (Wildman–Crippen MR) is 92.8 cm³/mol. The van der Waals surface area contributed by atoms with Crippen molar-refractivity contribution in [2.45, 2.75) is 58.4 Å². The number of nitrogens with one attached hydrogen (secondary N) is 2. The fraction of sp³-hybridized carbons (Fsp3) is 0.688. The number of carbonyl (C=O) groups is 2. The molecule has 0 atom stereocenters. The maximum atomic E-state index is 12.1. The molecule has 0 saturated heterocycles. The summed E-state index contributed by atoms with van der Waals surface area (Å²) in [5.74, 6) is 0.0681. The number of nitrogens with zero attached hydrogens (tertiary/aromatic N) is 2. The highest BCUT2D eigenvalue weighted by atomic mass is 32.1. The molecule has 0 radical (unpaired) electrons. The maximum Gasteiger partial charge on any atom is 0.321 e. The highest BCUT2D eigenvalue weighted by Crippen LogP contribution is 2.19. The van der Waals surface area contributed by atoms with Crippen LogP contribution in [0.1, 0.15) is 51.6 Å². The van der Waals surface area contributed by atoms with Gasteiger partial charge in [-0.25, -0.2) is 9.78 Å². The summed E-state index contributed by atoms with van der Waals surface area (Å²) < 4.78 is 0. The minimum absolute atomic E-state index is 0.0681. The third-order valence-electron chi connectivity index (χ3n) is 4.16. The summed E-state index contributed by atoms with van der Waals surface area (Å²) in [6.45, 7) is 5.33. The van der Waals surface area contributed by atoms with Gasteiger partial charge in [0.25, 0.3) is 0 Å². The Morgan fingerprint density at radius 1 is 1.26 bits per heavy atom. The molecule has 23 heavy (non-hydrogen) atoms. The molecule has 1 aromatic heterocycles. The van der Waals surface area contributed by atoms with Crippen LogP contribution >= 0.6 is 11.3 Å². The van der Waals surface area contributed by atoms with Crippen LogP contribution in [0.3, 0.4) is 0 Å². The number of carbonyl (C=O) groups excluding carboxylic acids is 2. The minimum atomic E-state index is -0.201. The third kappa shape index (κ3) is 5.49. The molecule has 0 spiro atoms. The molecule has 1 heterocycles. The molecule has 0 unspecified atom stereocenters. The first-order valence-electron chi connectivity index (χ1n) is 8.42. The Labute approximate surface area is 141 Å². The predicted octanol–water partition coefficient (Wildman–Crippen LogP) is 3.01. The molecule has 3 amide bonds. The first-order valence-corrected chi connectivity index (χ1v) is 9.30. The minimum Gasteiger partial charge on any atom is -0.343 e. The van der Waals surface area contributed by atoms with Crippen molar-refractivity contribution in [2.24, 2.45) is 0 Å². The van der Waals surface area contributed by atoms with Crippen molar-refractivity contribution in [2.75, 3.05) is 18.4 Å². The van der Waals surface area contributed by atoms with Gasteiger partial charge in [0, 0.05) is 24.5 Å². The van der Waals surface area contributed by atoms with Crippen molar-refractivity contribution in [1.29, 1.82) is 0 Å². The van der Waals surface area contributed by atoms with Gasteiger partial charge < -0.3 is 10.2 Å². The SMILES string of the molecule is CCN(CC)C(=O)Cc1csc(NC(=O)NC2CCCCC2)n1. The van der Waals surface area contributed by atoms with Gasteiger partial charge in [0.1, 0.15) is 0 Å². The van der Waals surface area contributed by atoms with E-state index in [1.807, 2.05) is 19.2 Å². The van der Waals surface area contributed by atoms with Crippen molar-refractivity contribution in [1.82, 2.24) is 15.2 Å². The lowest BCUT2D eigenvalue weighted by Crippen LogP contribution is -2.39. The monoisotopic (exact) mass is 338 g/mol. The fourth-order valence-electron chi connectivity index (χ4n) is 2.85. The zero-order chi connectivity index (χ0) is 16.7. The van der Waals surface area contributed by atoms with E-state index in [1.54, 1.807) is 4.90 Å². The van der Waals surface area contributed by atoms with E-state index in [1.165, 1.54) is 30.6 Å². The van der Waals surface area contributed by atoms with Crippen LogP contribution in [0.2, 0.25) is 0 Å². The molecule has 7 heteroatoms. The maximum absolute atomic E-state index is 12.1. The van der Waals surface area contributed by atoms with Gasteiger partial charge in [-0.15, -0.1) is 11.3 Å². The number of aromatic nitrogens is 1. The van der Waals surface area contributed by atoms with E-state index in [9.17, 15) is 9.59 Å². The van der Waals surface area contributed by atoms with E-state index in [2.05, 4.69) is 15.6 Å². The van der Waals surface area contributed by atoms with Crippen molar-refractivity contribution >= 4 is 28.4 Å². The fourth-order valence-corrected chi connectivity index (χ4v) is 3.56. The largest absolute Gasteiger partial charge is 0.343 e. The molecule has 1 aliphatic rings. The lowest BCUT2D eigenvalue weighted by Gasteiger charge is -2.22. The zero-order valence-corrected chi connectivity index (χ0v) is 14.7. The number of anilines is 1. The first kappa shape index (κ1) is 17.7. The molecule has 1 aliphatic carbocycles. The lowest BCUT2D eigenvalue weighted by atomic mass is 9.96. The number of likely N-dealkylation sites (N-methyl/N-ethyl adjacent to an activating group) is 1. The van der Waals surface area contributed by atoms with Gasteiger partial charge in [-0.1, -0.05) is 19.3 Å². The van der Waals surface area contributed by atoms with Gasteiger partial charge in [-0.2, -0.15) is 0 Å². The number of rotatable bonds is 6. The Hall–Kier alpha value is -1.63. The van der Waals surface area contributed by atoms with E-state index in [0.717, 1.165) is 12.8 Å². The molecule has 0 aliphatic heterocycles. The van der Waals surface area contributed by atoms with Crippen molar-refractivity contribution in [3.05, 3.63) is 11.1 Å². The number of urea groups is 1. The van der Waals surface area contributed by atoms with Crippen LogP contribution in [0.15, 0.2) is 5.38 Å². The summed E-state index contributed by atoms with van der Waals surface area (Å²) in [5.41, 5.74) is 0.708. The van der Waals surface area contributed by atoms with Gasteiger partial charge >= 0.3 is 6.03 Å². The molecule has 6 nitrogen and oxygen atoms in total. The smallest absolute Gasteiger partial charge is 0.321 e. The summed E-state index contributed by atoms with van der Waals surface area (Å²) in [5, 5.41) is 8.14. The van der Waals surface area contributed by atoms with Crippen LogP contribution in [0.25, 0.3) is 0 Å². The molecule has 2 N–H and O–H groups in total. The average Bonchev–Trinajstić information content (AvgIpc) is 2.96. The van der Waals surface area contributed by atoms with Crippen LogP contribution < -0.4 is 10.6 Å². The number of hydrogen-bond donors (Lipinski definition) is 2. The zero-order valence-electron chi connectivity index (χ0n) is 13.9. The Bertz CT molecular complexity index is 522. The van der Waals surface area contributed by atoms with E-state index < -0.39 is 0 Å². The van der Waals surface area contributed by atoms with Crippen LogP contribution in [-0.2, 0) is 11.2 Å². The van der Waals surface area contributed by atoms with Crippen LogP contribution in [-0.4, -0.2) is 41.0 Å². The lowest BCUT2D eigenvalue weighted by molar-refractivity contribution is -0.130. The van der Waals surface area contributed by atoms with Crippen LogP contribution in [0, 0.1) is 0 Å². The number of hydrogen-bond acceptors (Lipinski definition) is 4. The molecule has 2 rings (SSSR count). The highest BCUT2D eigenvalue weighted by Gasteiger charge is 2.17. The van der Waals surface area contributed by atoms with Gasteiger partial charge in [0.05, 0.1) is 12.1 Å². The summed E-state index contributed by atoms with van der Waals surface area (Å²) in [7, 11) is 0. The molecular formula is C16H26N4O2S. The van der Waals surface area contributed by atoms with Crippen LogP contribution in [0.5, 0.6) is 0 Å². The second-order valence-corrected chi connectivity index (χ2v) is 6.68. The van der Waals surface area contributed by atoms with Gasteiger partial charge in [-0.05, 0) is 26.7 Å². The van der Waals surface area contributed by atoms with E-state index in [4.69, 9.17) is 0 Å². The third-order valence-corrected chi connectivity index (χ3v) is 4.97. The molecule has 1 aromatic rings. The number of thiazole rings is 1. The number of amides is 3. The summed E-state index contributed by atoms with van der Waals surface area (Å²) in [6.07, 6.45) is 6.00. The van der Waals surface area contributed by atoms with Crippen molar-refractivity contribution < 1.29 is 9.59 Å².